The summed E-state index contributed by atoms with van der Waals surface area (Å²) in [5, 5.41) is 7.91. The zero-order chi connectivity index (χ0) is 18.4. The van der Waals surface area contributed by atoms with Crippen LogP contribution in [0.25, 0.3) is 0 Å². The van der Waals surface area contributed by atoms with Crippen LogP contribution in [0.2, 0.25) is 0 Å². The lowest BCUT2D eigenvalue weighted by atomic mass is 10.1. The fourth-order valence-corrected chi connectivity index (χ4v) is 2.84. The molecule has 0 aliphatic carbocycles. The minimum atomic E-state index is 0.471. The highest BCUT2D eigenvalue weighted by Gasteiger charge is 2.07. The lowest BCUT2D eigenvalue weighted by Crippen LogP contribution is -2.24. The lowest BCUT2D eigenvalue weighted by Gasteiger charge is -2.11. The summed E-state index contributed by atoms with van der Waals surface area (Å²) >= 11 is 5.32. The third-order valence-electron chi connectivity index (χ3n) is 4.35. The SMILES string of the molecule is COCCn1c(C)cc(C=NNC(=S)Nc2cccc(C)c2C)c1C. The van der Waals surface area contributed by atoms with Crippen LogP contribution in [-0.4, -0.2) is 29.6 Å². The van der Waals surface area contributed by atoms with Crippen molar-refractivity contribution >= 4 is 29.2 Å². The number of nitrogens with zero attached hydrogens (tertiary/aromatic N) is 2. The van der Waals surface area contributed by atoms with Crippen LogP contribution in [0.3, 0.4) is 0 Å². The van der Waals surface area contributed by atoms with Gasteiger partial charge in [-0.3, -0.25) is 5.43 Å². The molecule has 0 fully saturated rings. The second-order valence-corrected chi connectivity index (χ2v) is 6.45. The molecule has 0 amide bonds. The first-order valence-electron chi connectivity index (χ1n) is 8.26. The normalized spacial score (nSPS) is 11.1. The van der Waals surface area contributed by atoms with Crippen molar-refractivity contribution in [1.82, 2.24) is 9.99 Å². The molecule has 2 N–H and O–H groups in total. The average molecular weight is 359 g/mol. The molecule has 25 heavy (non-hydrogen) atoms. The Labute approximate surface area is 155 Å². The van der Waals surface area contributed by atoms with Crippen LogP contribution in [0.1, 0.15) is 28.1 Å². The maximum atomic E-state index is 5.32. The van der Waals surface area contributed by atoms with Gasteiger partial charge in [0.25, 0.3) is 0 Å². The summed E-state index contributed by atoms with van der Waals surface area (Å²) in [6.07, 6.45) is 1.79. The Kier molecular flexibility index (Phi) is 6.73. The molecule has 2 rings (SSSR count). The fourth-order valence-electron chi connectivity index (χ4n) is 2.68. The summed E-state index contributed by atoms with van der Waals surface area (Å²) in [5.41, 5.74) is 9.69. The molecule has 0 atom stereocenters. The van der Waals surface area contributed by atoms with Crippen LogP contribution in [0.15, 0.2) is 29.4 Å². The molecule has 134 valence electrons. The number of aryl methyl sites for hydroxylation is 2. The second kappa shape index (κ2) is 8.78. The van der Waals surface area contributed by atoms with Gasteiger partial charge in [-0.1, -0.05) is 12.1 Å². The molecule has 0 unspecified atom stereocenters. The fraction of sp³-hybridized carbons (Fsp3) is 0.368. The predicted molar refractivity (Wildman–Crippen MR) is 109 cm³/mol. The van der Waals surface area contributed by atoms with E-state index >= 15 is 0 Å². The van der Waals surface area contributed by atoms with Crippen LogP contribution >= 0.6 is 12.2 Å². The molecule has 1 aromatic heterocycles. The summed E-state index contributed by atoms with van der Waals surface area (Å²) in [6.45, 7) is 9.83. The summed E-state index contributed by atoms with van der Waals surface area (Å²) in [5.74, 6) is 0. The standard InChI is InChI=1S/C19H26N4OS/c1-13-7-6-8-18(15(13)3)21-19(25)22-20-12-17-11-14(2)23(16(17)4)9-10-24-5/h6-8,11-12H,9-10H2,1-5H3,(H2,21,22,25). The van der Waals surface area contributed by atoms with Gasteiger partial charge in [0.05, 0.1) is 12.8 Å². The van der Waals surface area contributed by atoms with Gasteiger partial charge in [0, 0.05) is 36.3 Å². The first-order chi connectivity index (χ1) is 11.9. The number of methoxy groups -OCH3 is 1. The van der Waals surface area contributed by atoms with E-state index in [2.05, 4.69) is 60.2 Å². The van der Waals surface area contributed by atoms with Gasteiger partial charge in [-0.2, -0.15) is 5.10 Å². The van der Waals surface area contributed by atoms with E-state index < -0.39 is 0 Å². The Bertz CT molecular complexity index is 780. The Morgan fingerprint density at radius 1 is 1.28 bits per heavy atom. The first kappa shape index (κ1) is 19.1. The number of thiocarbonyl (C=S) groups is 1. The maximum Gasteiger partial charge on any atom is 0.191 e. The number of aromatic nitrogens is 1. The number of anilines is 1. The molecular weight excluding hydrogens is 332 g/mol. The van der Waals surface area contributed by atoms with Crippen molar-refractivity contribution in [3.05, 3.63) is 52.3 Å². The predicted octanol–water partition coefficient (Wildman–Crippen LogP) is 3.69. The van der Waals surface area contributed by atoms with Crippen molar-refractivity contribution in [2.45, 2.75) is 34.2 Å². The zero-order valence-electron chi connectivity index (χ0n) is 15.5. The van der Waals surface area contributed by atoms with E-state index in [9.17, 15) is 0 Å². The van der Waals surface area contributed by atoms with Gasteiger partial charge in [-0.05, 0) is 63.2 Å². The van der Waals surface area contributed by atoms with Crippen molar-refractivity contribution < 1.29 is 4.74 Å². The Morgan fingerprint density at radius 3 is 2.76 bits per heavy atom. The third kappa shape index (κ3) is 4.90. The van der Waals surface area contributed by atoms with Crippen molar-refractivity contribution in [1.29, 1.82) is 0 Å². The number of rotatable bonds is 6. The Morgan fingerprint density at radius 2 is 2.04 bits per heavy atom. The molecule has 0 aliphatic heterocycles. The zero-order valence-corrected chi connectivity index (χ0v) is 16.3. The van der Waals surface area contributed by atoms with Crippen molar-refractivity contribution in [2.75, 3.05) is 19.0 Å². The number of hydrogen-bond donors (Lipinski definition) is 2. The second-order valence-electron chi connectivity index (χ2n) is 6.04. The van der Waals surface area contributed by atoms with Gasteiger partial charge in [-0.15, -0.1) is 0 Å². The number of benzene rings is 1. The Hall–Kier alpha value is -2.18. The number of hydrogen-bond acceptors (Lipinski definition) is 3. The highest BCUT2D eigenvalue weighted by atomic mass is 32.1. The minimum Gasteiger partial charge on any atom is -0.383 e. The monoisotopic (exact) mass is 358 g/mol. The number of hydrazone groups is 1. The average Bonchev–Trinajstić information content (AvgIpc) is 2.84. The summed E-state index contributed by atoms with van der Waals surface area (Å²) in [6, 6.07) is 8.20. The third-order valence-corrected chi connectivity index (χ3v) is 4.55. The van der Waals surface area contributed by atoms with Gasteiger partial charge in [-0.25, -0.2) is 0 Å². The Balaban J connectivity index is 1.99. The van der Waals surface area contributed by atoms with E-state index in [1.807, 2.05) is 12.1 Å². The summed E-state index contributed by atoms with van der Waals surface area (Å²) in [7, 11) is 1.71. The van der Waals surface area contributed by atoms with E-state index in [0.717, 1.165) is 23.5 Å². The number of ether oxygens (including phenoxy) is 1. The number of nitrogens with one attached hydrogen (secondary N) is 2. The largest absolute Gasteiger partial charge is 0.383 e. The molecule has 5 nitrogen and oxygen atoms in total. The van der Waals surface area contributed by atoms with Crippen molar-refractivity contribution in [3.8, 4) is 0 Å². The van der Waals surface area contributed by atoms with Gasteiger partial charge in [0.15, 0.2) is 5.11 Å². The van der Waals surface area contributed by atoms with Gasteiger partial charge < -0.3 is 14.6 Å². The summed E-state index contributed by atoms with van der Waals surface area (Å²) in [4.78, 5) is 0. The van der Waals surface area contributed by atoms with Crippen LogP contribution in [0.4, 0.5) is 5.69 Å². The molecule has 0 saturated carbocycles. The van der Waals surface area contributed by atoms with Gasteiger partial charge in [0.2, 0.25) is 0 Å². The van der Waals surface area contributed by atoms with E-state index in [1.54, 1.807) is 13.3 Å². The molecule has 0 spiro atoms. The molecule has 0 saturated heterocycles. The van der Waals surface area contributed by atoms with Crippen LogP contribution in [0, 0.1) is 27.7 Å². The topological polar surface area (TPSA) is 50.6 Å². The molecule has 0 bridgehead atoms. The van der Waals surface area contributed by atoms with E-state index in [-0.39, 0.29) is 0 Å². The van der Waals surface area contributed by atoms with Gasteiger partial charge >= 0.3 is 0 Å². The summed E-state index contributed by atoms with van der Waals surface area (Å²) < 4.78 is 7.38. The van der Waals surface area contributed by atoms with E-state index in [1.165, 1.54) is 16.8 Å². The minimum absolute atomic E-state index is 0.471. The molecule has 6 heteroatoms. The lowest BCUT2D eigenvalue weighted by molar-refractivity contribution is 0.186. The van der Waals surface area contributed by atoms with Gasteiger partial charge in [0.1, 0.15) is 0 Å². The first-order valence-corrected chi connectivity index (χ1v) is 8.66. The van der Waals surface area contributed by atoms with Crippen LogP contribution < -0.4 is 10.7 Å². The van der Waals surface area contributed by atoms with Crippen molar-refractivity contribution in [2.24, 2.45) is 5.10 Å². The highest BCUT2D eigenvalue weighted by molar-refractivity contribution is 7.80. The van der Waals surface area contributed by atoms with Crippen LogP contribution in [-0.2, 0) is 11.3 Å². The molecular formula is C19H26N4OS. The highest BCUT2D eigenvalue weighted by Crippen LogP contribution is 2.17. The van der Waals surface area contributed by atoms with Crippen LogP contribution in [0.5, 0.6) is 0 Å². The molecule has 0 radical (unpaired) electrons. The molecule has 0 aliphatic rings. The quantitative estimate of drug-likeness (QED) is 0.470. The smallest absolute Gasteiger partial charge is 0.191 e. The van der Waals surface area contributed by atoms with Crippen molar-refractivity contribution in [3.63, 3.8) is 0 Å². The molecule has 1 aromatic carbocycles. The molecule has 1 heterocycles. The van der Waals surface area contributed by atoms with E-state index in [4.69, 9.17) is 17.0 Å². The molecule has 2 aromatic rings. The maximum absolute atomic E-state index is 5.32. The van der Waals surface area contributed by atoms with E-state index in [0.29, 0.717) is 11.7 Å².